The molecule has 1 N–H and O–H groups in total. The number of hydrogen-bond acceptors (Lipinski definition) is 4. The van der Waals surface area contributed by atoms with Crippen LogP contribution in [0.3, 0.4) is 0 Å². The van der Waals surface area contributed by atoms with Gasteiger partial charge in [-0.1, -0.05) is 24.6 Å². The van der Waals surface area contributed by atoms with E-state index in [2.05, 4.69) is 31.3 Å². The highest BCUT2D eigenvalue weighted by Gasteiger charge is 2.28. The van der Waals surface area contributed by atoms with Crippen molar-refractivity contribution in [1.82, 2.24) is 5.32 Å². The van der Waals surface area contributed by atoms with E-state index in [4.69, 9.17) is 14.2 Å². The maximum atomic E-state index is 5.89. The predicted octanol–water partition coefficient (Wildman–Crippen LogP) is 2.46. The topological polar surface area (TPSA) is 39.7 Å². The Morgan fingerprint density at radius 1 is 1.40 bits per heavy atom. The minimum Gasteiger partial charge on any atom is -0.496 e. The molecule has 4 nitrogen and oxygen atoms in total. The smallest absolute Gasteiger partial charge is 0.123 e. The third kappa shape index (κ3) is 3.72. The quantitative estimate of drug-likeness (QED) is 0.868. The Hall–Kier alpha value is -1.10. The van der Waals surface area contributed by atoms with E-state index in [0.717, 1.165) is 24.3 Å². The van der Waals surface area contributed by atoms with Crippen LogP contribution in [0.4, 0.5) is 0 Å². The normalized spacial score (nSPS) is 20.6. The summed E-state index contributed by atoms with van der Waals surface area (Å²) in [5.41, 5.74) is 2.37. The zero-order valence-electron chi connectivity index (χ0n) is 12.6. The molecule has 0 spiro atoms. The van der Waals surface area contributed by atoms with Crippen LogP contribution < -0.4 is 10.1 Å². The number of aryl methyl sites for hydroxylation is 1. The van der Waals surface area contributed by atoms with Crippen molar-refractivity contribution in [2.24, 2.45) is 0 Å². The van der Waals surface area contributed by atoms with Crippen LogP contribution in [0.1, 0.15) is 30.5 Å². The highest BCUT2D eigenvalue weighted by Crippen LogP contribution is 2.30. The third-order valence-corrected chi connectivity index (χ3v) is 3.55. The lowest BCUT2D eigenvalue weighted by atomic mass is 9.98. The summed E-state index contributed by atoms with van der Waals surface area (Å²) in [6.07, 6.45) is 1.11. The molecule has 1 aliphatic rings. The Morgan fingerprint density at radius 3 is 2.90 bits per heavy atom. The Balaban J connectivity index is 2.26. The molecule has 0 aliphatic carbocycles. The van der Waals surface area contributed by atoms with Crippen molar-refractivity contribution in [2.75, 3.05) is 33.5 Å². The summed E-state index contributed by atoms with van der Waals surface area (Å²) < 4.78 is 17.0. The summed E-state index contributed by atoms with van der Waals surface area (Å²) in [7, 11) is 1.71. The van der Waals surface area contributed by atoms with Gasteiger partial charge in [0.15, 0.2) is 0 Å². The molecule has 0 saturated carbocycles. The van der Waals surface area contributed by atoms with E-state index in [-0.39, 0.29) is 12.1 Å². The molecule has 0 radical (unpaired) electrons. The first-order valence-electron chi connectivity index (χ1n) is 7.33. The van der Waals surface area contributed by atoms with E-state index >= 15 is 0 Å². The molecule has 0 amide bonds. The van der Waals surface area contributed by atoms with Crippen LogP contribution in [-0.4, -0.2) is 39.6 Å². The molecule has 1 heterocycles. The summed E-state index contributed by atoms with van der Waals surface area (Å²) in [6, 6.07) is 6.36. The molecule has 2 rings (SSSR count). The van der Waals surface area contributed by atoms with Gasteiger partial charge in [-0.05, 0) is 26.0 Å². The van der Waals surface area contributed by atoms with Gasteiger partial charge in [0, 0.05) is 5.56 Å². The fourth-order valence-electron chi connectivity index (χ4n) is 2.54. The summed E-state index contributed by atoms with van der Waals surface area (Å²) >= 11 is 0. The average Bonchev–Trinajstić information content (AvgIpc) is 2.49. The first kappa shape index (κ1) is 15.3. The molecule has 4 heteroatoms. The van der Waals surface area contributed by atoms with Crippen LogP contribution in [0.5, 0.6) is 5.75 Å². The fourth-order valence-corrected chi connectivity index (χ4v) is 2.54. The average molecular weight is 279 g/mol. The van der Waals surface area contributed by atoms with E-state index in [0.29, 0.717) is 19.8 Å². The van der Waals surface area contributed by atoms with Gasteiger partial charge in [0.2, 0.25) is 0 Å². The molecule has 2 atom stereocenters. The van der Waals surface area contributed by atoms with E-state index < -0.39 is 0 Å². The van der Waals surface area contributed by atoms with Crippen molar-refractivity contribution in [1.29, 1.82) is 0 Å². The van der Waals surface area contributed by atoms with Gasteiger partial charge in [0.1, 0.15) is 11.9 Å². The first-order chi connectivity index (χ1) is 9.76. The van der Waals surface area contributed by atoms with Crippen molar-refractivity contribution in [2.45, 2.75) is 32.4 Å². The monoisotopic (exact) mass is 279 g/mol. The van der Waals surface area contributed by atoms with Gasteiger partial charge in [0.25, 0.3) is 0 Å². The third-order valence-electron chi connectivity index (χ3n) is 3.55. The maximum Gasteiger partial charge on any atom is 0.123 e. The number of ether oxygens (including phenoxy) is 3. The van der Waals surface area contributed by atoms with Crippen molar-refractivity contribution in [3.05, 3.63) is 29.3 Å². The molecule has 1 fully saturated rings. The summed E-state index contributed by atoms with van der Waals surface area (Å²) in [4.78, 5) is 0. The van der Waals surface area contributed by atoms with Crippen LogP contribution in [-0.2, 0) is 9.47 Å². The lowest BCUT2D eigenvalue weighted by Crippen LogP contribution is -2.41. The fraction of sp³-hybridized carbons (Fsp3) is 0.625. The number of nitrogens with one attached hydrogen (secondary N) is 1. The van der Waals surface area contributed by atoms with Crippen molar-refractivity contribution in [3.63, 3.8) is 0 Å². The molecule has 1 saturated heterocycles. The summed E-state index contributed by atoms with van der Waals surface area (Å²) in [5, 5.41) is 3.57. The standard InChI is InChI=1S/C16H25NO3/c1-4-7-17-16(15-11-19-8-9-20-15)13-10-12(2)5-6-14(13)18-3/h5-6,10,15-17H,4,7-9,11H2,1-3H3. The first-order valence-corrected chi connectivity index (χ1v) is 7.33. The lowest BCUT2D eigenvalue weighted by molar-refractivity contribution is -0.102. The van der Waals surface area contributed by atoms with E-state index in [1.165, 1.54) is 5.56 Å². The Morgan fingerprint density at radius 2 is 2.25 bits per heavy atom. The van der Waals surface area contributed by atoms with Gasteiger partial charge >= 0.3 is 0 Å². The Labute approximate surface area is 121 Å². The highest BCUT2D eigenvalue weighted by molar-refractivity contribution is 5.39. The second-order valence-electron chi connectivity index (χ2n) is 5.16. The minimum absolute atomic E-state index is 0.0333. The van der Waals surface area contributed by atoms with Gasteiger partial charge in [-0.2, -0.15) is 0 Å². The number of methoxy groups -OCH3 is 1. The van der Waals surface area contributed by atoms with E-state index in [1.807, 2.05) is 6.07 Å². The zero-order valence-corrected chi connectivity index (χ0v) is 12.6. The van der Waals surface area contributed by atoms with E-state index in [9.17, 15) is 0 Å². The Kier molecular flexibility index (Phi) is 5.83. The Bertz CT molecular complexity index is 416. The van der Waals surface area contributed by atoms with Crippen LogP contribution in [0.25, 0.3) is 0 Å². The highest BCUT2D eigenvalue weighted by atomic mass is 16.6. The number of benzene rings is 1. The molecule has 0 bridgehead atoms. The second kappa shape index (κ2) is 7.62. The van der Waals surface area contributed by atoms with Gasteiger partial charge in [-0.3, -0.25) is 0 Å². The molecule has 20 heavy (non-hydrogen) atoms. The molecule has 2 unspecified atom stereocenters. The van der Waals surface area contributed by atoms with Gasteiger partial charge in [0.05, 0.1) is 33.0 Å². The second-order valence-corrected chi connectivity index (χ2v) is 5.16. The molecular weight excluding hydrogens is 254 g/mol. The summed E-state index contributed by atoms with van der Waals surface area (Å²) in [5.74, 6) is 0.901. The molecular formula is C16H25NO3. The largest absolute Gasteiger partial charge is 0.496 e. The van der Waals surface area contributed by atoms with Crippen LogP contribution in [0.15, 0.2) is 18.2 Å². The van der Waals surface area contributed by atoms with Crippen molar-refractivity contribution in [3.8, 4) is 5.75 Å². The SMILES string of the molecule is CCCNC(c1cc(C)ccc1OC)C1COCCO1. The number of hydrogen-bond donors (Lipinski definition) is 1. The predicted molar refractivity (Wildman–Crippen MR) is 79.3 cm³/mol. The lowest BCUT2D eigenvalue weighted by Gasteiger charge is -2.32. The van der Waals surface area contributed by atoms with Crippen LogP contribution >= 0.6 is 0 Å². The van der Waals surface area contributed by atoms with Gasteiger partial charge < -0.3 is 19.5 Å². The minimum atomic E-state index is 0.0333. The summed E-state index contributed by atoms with van der Waals surface area (Å²) in [6.45, 7) is 7.17. The molecule has 0 aromatic heterocycles. The molecule has 1 aliphatic heterocycles. The van der Waals surface area contributed by atoms with Gasteiger partial charge in [-0.25, -0.2) is 0 Å². The van der Waals surface area contributed by atoms with E-state index in [1.54, 1.807) is 7.11 Å². The van der Waals surface area contributed by atoms with Crippen LogP contribution in [0.2, 0.25) is 0 Å². The zero-order chi connectivity index (χ0) is 14.4. The molecule has 1 aromatic carbocycles. The van der Waals surface area contributed by atoms with Crippen molar-refractivity contribution >= 4 is 0 Å². The van der Waals surface area contributed by atoms with Crippen molar-refractivity contribution < 1.29 is 14.2 Å². The maximum absolute atomic E-state index is 5.89. The molecule has 112 valence electrons. The number of rotatable bonds is 6. The van der Waals surface area contributed by atoms with Crippen LogP contribution in [0, 0.1) is 6.92 Å². The van der Waals surface area contributed by atoms with Gasteiger partial charge in [-0.15, -0.1) is 0 Å². The molecule has 1 aromatic rings.